The van der Waals surface area contributed by atoms with Gasteiger partial charge in [-0.05, 0) is 42.7 Å². The van der Waals surface area contributed by atoms with E-state index in [9.17, 15) is 13.2 Å². The molecule has 26 heavy (non-hydrogen) atoms. The highest BCUT2D eigenvalue weighted by Crippen LogP contribution is 2.22. The van der Waals surface area contributed by atoms with Gasteiger partial charge in [0.05, 0.1) is 22.2 Å². The van der Waals surface area contributed by atoms with Crippen molar-refractivity contribution < 1.29 is 13.2 Å². The van der Waals surface area contributed by atoms with Gasteiger partial charge in [0.2, 0.25) is 15.9 Å². The van der Waals surface area contributed by atoms with Gasteiger partial charge in [-0.3, -0.25) is 4.79 Å². The molecule has 0 atom stereocenters. The molecule has 2 aromatic rings. The summed E-state index contributed by atoms with van der Waals surface area (Å²) >= 11 is 6.02. The van der Waals surface area contributed by atoms with E-state index in [2.05, 4.69) is 15.4 Å². The topological polar surface area (TPSA) is 87.3 Å². The van der Waals surface area contributed by atoms with Crippen LogP contribution in [0.5, 0.6) is 0 Å². The lowest BCUT2D eigenvalue weighted by Gasteiger charge is -2.10. The van der Waals surface area contributed by atoms with Crippen molar-refractivity contribution in [1.29, 1.82) is 0 Å². The molecule has 0 radical (unpaired) electrons. The summed E-state index contributed by atoms with van der Waals surface area (Å²) in [7, 11) is -3.45. The fourth-order valence-corrected chi connectivity index (χ4v) is 3.83. The summed E-state index contributed by atoms with van der Waals surface area (Å²) in [4.78, 5) is 12.2. The lowest BCUT2D eigenvalue weighted by Crippen LogP contribution is -2.29. The number of hydrogen-bond acceptors (Lipinski definition) is 4. The van der Waals surface area contributed by atoms with Crippen LogP contribution in [0.4, 0.5) is 5.69 Å². The van der Waals surface area contributed by atoms with Gasteiger partial charge in [-0.2, -0.15) is 0 Å². The van der Waals surface area contributed by atoms with Crippen molar-refractivity contribution in [2.45, 2.75) is 30.3 Å². The zero-order valence-corrected chi connectivity index (χ0v) is 15.6. The van der Waals surface area contributed by atoms with Crippen molar-refractivity contribution >= 4 is 33.2 Å². The molecule has 3 N–H and O–H groups in total. The zero-order valence-electron chi connectivity index (χ0n) is 14.0. The van der Waals surface area contributed by atoms with E-state index < -0.39 is 10.0 Å². The van der Waals surface area contributed by atoms with Gasteiger partial charge in [0.1, 0.15) is 0 Å². The molecule has 0 aromatic heterocycles. The SMILES string of the molecule is O=C(CNc1ccccc1Cl)NCc1ccc(S(=O)(=O)NC2CC2)cc1. The van der Waals surface area contributed by atoms with Crippen LogP contribution >= 0.6 is 11.6 Å². The summed E-state index contributed by atoms with van der Waals surface area (Å²) in [6.45, 7) is 0.418. The molecule has 1 saturated carbocycles. The number of carbonyl (C=O) groups excluding carboxylic acids is 1. The number of amides is 1. The average Bonchev–Trinajstić information content (AvgIpc) is 3.43. The second kappa shape index (κ2) is 8.07. The highest BCUT2D eigenvalue weighted by atomic mass is 35.5. The number of para-hydroxylation sites is 1. The number of anilines is 1. The van der Waals surface area contributed by atoms with Crippen LogP contribution in [0.3, 0.4) is 0 Å². The van der Waals surface area contributed by atoms with Gasteiger partial charge < -0.3 is 10.6 Å². The summed E-state index contributed by atoms with van der Waals surface area (Å²) < 4.78 is 26.9. The maximum absolute atomic E-state index is 12.1. The van der Waals surface area contributed by atoms with Crippen molar-refractivity contribution in [1.82, 2.24) is 10.0 Å². The zero-order chi connectivity index (χ0) is 18.6. The van der Waals surface area contributed by atoms with E-state index in [4.69, 9.17) is 11.6 Å². The molecule has 138 valence electrons. The Bertz CT molecular complexity index is 881. The molecule has 1 amide bonds. The van der Waals surface area contributed by atoms with E-state index in [-0.39, 0.29) is 23.4 Å². The highest BCUT2D eigenvalue weighted by Gasteiger charge is 2.27. The predicted octanol–water partition coefficient (Wildman–Crippen LogP) is 2.51. The fourth-order valence-electron chi connectivity index (χ4n) is 2.32. The van der Waals surface area contributed by atoms with E-state index in [0.717, 1.165) is 18.4 Å². The van der Waals surface area contributed by atoms with Crippen LogP contribution in [-0.2, 0) is 21.4 Å². The van der Waals surface area contributed by atoms with Crippen molar-refractivity contribution in [3.63, 3.8) is 0 Å². The molecule has 1 aliphatic carbocycles. The molecule has 0 aliphatic heterocycles. The van der Waals surface area contributed by atoms with Crippen LogP contribution in [-0.4, -0.2) is 26.9 Å². The molecule has 0 spiro atoms. The molecular formula is C18H20ClN3O3S. The Kier molecular flexibility index (Phi) is 5.80. The molecule has 0 unspecified atom stereocenters. The van der Waals surface area contributed by atoms with E-state index in [0.29, 0.717) is 17.3 Å². The van der Waals surface area contributed by atoms with Gasteiger partial charge >= 0.3 is 0 Å². The molecular weight excluding hydrogens is 374 g/mol. The van der Waals surface area contributed by atoms with Crippen LogP contribution in [0.25, 0.3) is 0 Å². The van der Waals surface area contributed by atoms with Crippen molar-refractivity contribution in [3.05, 3.63) is 59.1 Å². The number of benzene rings is 2. The van der Waals surface area contributed by atoms with E-state index in [1.165, 1.54) is 0 Å². The first-order valence-corrected chi connectivity index (χ1v) is 10.2. The summed E-state index contributed by atoms with van der Waals surface area (Å²) in [5.41, 5.74) is 1.52. The van der Waals surface area contributed by atoms with Gasteiger partial charge in [-0.25, -0.2) is 13.1 Å². The Morgan fingerprint density at radius 2 is 1.77 bits per heavy atom. The summed E-state index contributed by atoms with van der Waals surface area (Å²) in [6.07, 6.45) is 1.79. The maximum atomic E-state index is 12.1. The quantitative estimate of drug-likeness (QED) is 0.643. The van der Waals surface area contributed by atoms with E-state index in [1.807, 2.05) is 12.1 Å². The van der Waals surface area contributed by atoms with Crippen molar-refractivity contribution in [3.8, 4) is 0 Å². The third kappa shape index (κ3) is 5.20. The molecule has 1 fully saturated rings. The molecule has 2 aromatic carbocycles. The summed E-state index contributed by atoms with van der Waals surface area (Å²) in [6, 6.07) is 13.8. The van der Waals surface area contributed by atoms with Gasteiger partial charge in [0, 0.05) is 12.6 Å². The molecule has 0 heterocycles. The van der Waals surface area contributed by atoms with Crippen molar-refractivity contribution in [2.75, 3.05) is 11.9 Å². The molecule has 0 saturated heterocycles. The molecule has 3 rings (SSSR count). The first kappa shape index (κ1) is 18.7. The minimum Gasteiger partial charge on any atom is -0.375 e. The number of nitrogens with one attached hydrogen (secondary N) is 3. The third-order valence-electron chi connectivity index (χ3n) is 3.94. The van der Waals surface area contributed by atoms with Crippen LogP contribution < -0.4 is 15.4 Å². The second-order valence-corrected chi connectivity index (χ2v) is 8.27. The van der Waals surface area contributed by atoms with Crippen LogP contribution in [0, 0.1) is 0 Å². The molecule has 8 heteroatoms. The van der Waals surface area contributed by atoms with Gasteiger partial charge in [-0.1, -0.05) is 35.9 Å². The molecule has 0 bridgehead atoms. The minimum atomic E-state index is -3.45. The summed E-state index contributed by atoms with van der Waals surface area (Å²) in [5.74, 6) is -0.183. The first-order valence-electron chi connectivity index (χ1n) is 8.30. The number of hydrogen-bond donors (Lipinski definition) is 3. The van der Waals surface area contributed by atoms with Gasteiger partial charge in [0.15, 0.2) is 0 Å². The Labute approximate surface area is 158 Å². The lowest BCUT2D eigenvalue weighted by molar-refractivity contribution is -0.119. The van der Waals surface area contributed by atoms with E-state index in [1.54, 1.807) is 36.4 Å². The largest absolute Gasteiger partial charge is 0.375 e. The monoisotopic (exact) mass is 393 g/mol. The van der Waals surface area contributed by atoms with Crippen LogP contribution in [0.15, 0.2) is 53.4 Å². The fraction of sp³-hybridized carbons (Fsp3) is 0.278. The smallest absolute Gasteiger partial charge is 0.240 e. The Morgan fingerprint density at radius 1 is 1.08 bits per heavy atom. The molecule has 6 nitrogen and oxygen atoms in total. The number of rotatable bonds is 8. The lowest BCUT2D eigenvalue weighted by atomic mass is 10.2. The number of halogens is 1. The number of sulfonamides is 1. The van der Waals surface area contributed by atoms with E-state index >= 15 is 0 Å². The van der Waals surface area contributed by atoms with Crippen LogP contribution in [0.1, 0.15) is 18.4 Å². The highest BCUT2D eigenvalue weighted by molar-refractivity contribution is 7.89. The Hall–Kier alpha value is -2.09. The van der Waals surface area contributed by atoms with Gasteiger partial charge in [-0.15, -0.1) is 0 Å². The third-order valence-corrected chi connectivity index (χ3v) is 5.80. The summed E-state index contributed by atoms with van der Waals surface area (Å²) in [5, 5.41) is 6.30. The van der Waals surface area contributed by atoms with Crippen molar-refractivity contribution in [2.24, 2.45) is 0 Å². The maximum Gasteiger partial charge on any atom is 0.240 e. The normalized spacial score (nSPS) is 14.0. The second-order valence-electron chi connectivity index (χ2n) is 6.15. The number of carbonyl (C=O) groups is 1. The Balaban J connectivity index is 1.48. The first-order chi connectivity index (χ1) is 12.4. The standard InChI is InChI=1S/C18H20ClN3O3S/c19-16-3-1-2-4-17(16)20-12-18(23)21-11-13-5-9-15(10-6-13)26(24,25)22-14-7-8-14/h1-6,9-10,14,20,22H,7-8,11-12H2,(H,21,23). The average molecular weight is 394 g/mol. The molecule has 1 aliphatic rings. The van der Waals surface area contributed by atoms with Crippen LogP contribution in [0.2, 0.25) is 5.02 Å². The predicted molar refractivity (Wildman–Crippen MR) is 102 cm³/mol. The van der Waals surface area contributed by atoms with Gasteiger partial charge in [0.25, 0.3) is 0 Å². The minimum absolute atomic E-state index is 0.0737. The Morgan fingerprint density at radius 3 is 2.42 bits per heavy atom.